The number of hydrogen-bond donors (Lipinski definition) is 4. The van der Waals surface area contributed by atoms with Crippen LogP contribution in [0.15, 0.2) is 48.5 Å². The highest BCUT2D eigenvalue weighted by atomic mass is 16.2. The Hall–Kier alpha value is -3.35. The van der Waals surface area contributed by atoms with Crippen molar-refractivity contribution in [1.29, 1.82) is 0 Å². The number of nitrogens with two attached hydrogens (primary N) is 1. The molecule has 0 spiro atoms. The number of anilines is 3. The molecule has 0 bridgehead atoms. The lowest BCUT2D eigenvalue weighted by molar-refractivity contribution is -0.119. The van der Waals surface area contributed by atoms with Gasteiger partial charge in [-0.2, -0.15) is 0 Å². The van der Waals surface area contributed by atoms with Crippen LogP contribution in [0.2, 0.25) is 0 Å². The van der Waals surface area contributed by atoms with Crippen molar-refractivity contribution in [3.05, 3.63) is 54.1 Å². The summed E-state index contributed by atoms with van der Waals surface area (Å²) >= 11 is 0. The van der Waals surface area contributed by atoms with Crippen molar-refractivity contribution in [3.8, 4) is 0 Å². The Balaban J connectivity index is 1.87. The van der Waals surface area contributed by atoms with Gasteiger partial charge in [0, 0.05) is 28.5 Å². The maximum Gasteiger partial charge on any atom is 0.248 e. The molecule has 0 aliphatic heterocycles. The summed E-state index contributed by atoms with van der Waals surface area (Å²) in [6.07, 6.45) is 0. The number of carbonyl (C=O) groups is 3. The summed E-state index contributed by atoms with van der Waals surface area (Å²) in [6.45, 7) is 3.67. The minimum atomic E-state index is -0.525. The molecule has 0 radical (unpaired) electrons. The first-order valence-corrected chi connectivity index (χ1v) is 8.19. The molecule has 0 fully saturated rings. The Morgan fingerprint density at radius 2 is 1.54 bits per heavy atom. The lowest BCUT2D eigenvalue weighted by Gasteiger charge is -2.10. The highest BCUT2D eigenvalue weighted by molar-refractivity contribution is 5.96. The van der Waals surface area contributed by atoms with Gasteiger partial charge in [-0.3, -0.25) is 14.4 Å². The van der Waals surface area contributed by atoms with Crippen molar-refractivity contribution < 1.29 is 14.4 Å². The van der Waals surface area contributed by atoms with Crippen LogP contribution in [-0.4, -0.2) is 24.3 Å². The molecule has 136 valence electrons. The fourth-order valence-electron chi connectivity index (χ4n) is 2.09. The van der Waals surface area contributed by atoms with Crippen molar-refractivity contribution >= 4 is 34.8 Å². The van der Waals surface area contributed by atoms with Crippen LogP contribution >= 0.6 is 0 Å². The van der Waals surface area contributed by atoms with E-state index >= 15 is 0 Å². The number of rotatable bonds is 7. The summed E-state index contributed by atoms with van der Waals surface area (Å²) in [7, 11) is 0. The van der Waals surface area contributed by atoms with Crippen molar-refractivity contribution in [2.45, 2.75) is 13.8 Å². The molecule has 5 N–H and O–H groups in total. The first-order chi connectivity index (χ1) is 12.3. The van der Waals surface area contributed by atoms with Gasteiger partial charge in [-0.25, -0.2) is 0 Å². The summed E-state index contributed by atoms with van der Waals surface area (Å²) < 4.78 is 0. The molecular weight excluding hydrogens is 332 g/mol. The Bertz CT molecular complexity index is 801. The van der Waals surface area contributed by atoms with Gasteiger partial charge in [-0.15, -0.1) is 0 Å². The predicted molar refractivity (Wildman–Crippen MR) is 102 cm³/mol. The lowest BCUT2D eigenvalue weighted by atomic mass is 10.2. The zero-order chi connectivity index (χ0) is 19.1. The SMILES string of the molecule is CC(C)C(=O)Nc1ccc(NC(=O)CNc2cccc(C(N)=O)c2)cc1. The number of carbonyl (C=O) groups excluding carboxylic acids is 3. The van der Waals surface area contributed by atoms with Crippen LogP contribution in [0.3, 0.4) is 0 Å². The summed E-state index contributed by atoms with van der Waals surface area (Å²) in [4.78, 5) is 34.8. The first-order valence-electron chi connectivity index (χ1n) is 8.19. The second-order valence-electron chi connectivity index (χ2n) is 6.07. The topological polar surface area (TPSA) is 113 Å². The summed E-state index contributed by atoms with van der Waals surface area (Å²) in [6, 6.07) is 13.5. The second-order valence-corrected chi connectivity index (χ2v) is 6.07. The van der Waals surface area contributed by atoms with Gasteiger partial charge in [0.2, 0.25) is 17.7 Å². The Morgan fingerprint density at radius 1 is 0.923 bits per heavy atom. The van der Waals surface area contributed by atoms with Crippen molar-refractivity contribution in [3.63, 3.8) is 0 Å². The number of nitrogens with one attached hydrogen (secondary N) is 3. The smallest absolute Gasteiger partial charge is 0.248 e. The molecule has 26 heavy (non-hydrogen) atoms. The molecule has 0 aliphatic rings. The molecule has 0 saturated heterocycles. The van der Waals surface area contributed by atoms with Gasteiger partial charge in [0.15, 0.2) is 0 Å². The highest BCUT2D eigenvalue weighted by Crippen LogP contribution is 2.15. The fraction of sp³-hybridized carbons (Fsp3) is 0.211. The Labute approximate surface area is 152 Å². The highest BCUT2D eigenvalue weighted by Gasteiger charge is 2.08. The van der Waals surface area contributed by atoms with E-state index in [2.05, 4.69) is 16.0 Å². The van der Waals surface area contributed by atoms with Gasteiger partial charge >= 0.3 is 0 Å². The third-order valence-electron chi connectivity index (χ3n) is 3.56. The number of amides is 3. The van der Waals surface area contributed by atoms with Gasteiger partial charge in [-0.1, -0.05) is 19.9 Å². The largest absolute Gasteiger partial charge is 0.376 e. The molecule has 2 rings (SSSR count). The van der Waals surface area contributed by atoms with E-state index < -0.39 is 5.91 Å². The van der Waals surface area contributed by atoms with Crippen LogP contribution in [-0.2, 0) is 9.59 Å². The van der Waals surface area contributed by atoms with Crippen LogP contribution in [0.1, 0.15) is 24.2 Å². The molecule has 2 aromatic carbocycles. The maximum atomic E-state index is 12.0. The van der Waals surface area contributed by atoms with E-state index in [-0.39, 0.29) is 24.3 Å². The molecule has 0 aliphatic carbocycles. The Kier molecular flexibility index (Phi) is 6.32. The molecule has 0 atom stereocenters. The van der Waals surface area contributed by atoms with E-state index in [1.54, 1.807) is 48.5 Å². The van der Waals surface area contributed by atoms with Crippen LogP contribution in [0.4, 0.5) is 17.1 Å². The van der Waals surface area contributed by atoms with E-state index in [4.69, 9.17) is 5.73 Å². The molecule has 0 saturated carbocycles. The van der Waals surface area contributed by atoms with Gasteiger partial charge < -0.3 is 21.7 Å². The number of benzene rings is 2. The summed E-state index contributed by atoms with van der Waals surface area (Å²) in [5, 5.41) is 8.46. The standard InChI is InChI=1S/C19H22N4O3/c1-12(2)19(26)23-15-8-6-14(7-9-15)22-17(24)11-21-16-5-3-4-13(10-16)18(20)25/h3-10,12,21H,11H2,1-2H3,(H2,20,25)(H,22,24)(H,23,26). The quantitative estimate of drug-likeness (QED) is 0.611. The number of primary amides is 1. The molecule has 0 aromatic heterocycles. The summed E-state index contributed by atoms with van der Waals surface area (Å²) in [5.41, 5.74) is 7.51. The van der Waals surface area contributed by atoms with Crippen molar-refractivity contribution in [2.75, 3.05) is 22.5 Å². The molecule has 3 amide bonds. The van der Waals surface area contributed by atoms with Crippen LogP contribution < -0.4 is 21.7 Å². The van der Waals surface area contributed by atoms with Gasteiger partial charge in [0.05, 0.1) is 6.54 Å². The van der Waals surface area contributed by atoms with Gasteiger partial charge in [0.25, 0.3) is 0 Å². The molecule has 2 aromatic rings. The van der Waals surface area contributed by atoms with Crippen LogP contribution in [0.5, 0.6) is 0 Å². The van der Waals surface area contributed by atoms with Crippen molar-refractivity contribution in [1.82, 2.24) is 0 Å². The zero-order valence-corrected chi connectivity index (χ0v) is 14.7. The molecule has 0 heterocycles. The average Bonchev–Trinajstić information content (AvgIpc) is 2.61. The van der Waals surface area contributed by atoms with Crippen molar-refractivity contribution in [2.24, 2.45) is 11.7 Å². The second kappa shape index (κ2) is 8.66. The molecule has 7 nitrogen and oxygen atoms in total. The maximum absolute atomic E-state index is 12.0. The molecule has 7 heteroatoms. The lowest BCUT2D eigenvalue weighted by Crippen LogP contribution is -2.22. The van der Waals surface area contributed by atoms with E-state index in [1.165, 1.54) is 0 Å². The normalized spacial score (nSPS) is 10.3. The minimum Gasteiger partial charge on any atom is -0.376 e. The van der Waals surface area contributed by atoms with Crippen LogP contribution in [0, 0.1) is 5.92 Å². The van der Waals surface area contributed by atoms with Gasteiger partial charge in [-0.05, 0) is 42.5 Å². The molecular formula is C19H22N4O3. The third-order valence-corrected chi connectivity index (χ3v) is 3.56. The zero-order valence-electron chi connectivity index (χ0n) is 14.7. The first kappa shape index (κ1) is 19.0. The fourth-order valence-corrected chi connectivity index (χ4v) is 2.09. The van der Waals surface area contributed by atoms with E-state index in [0.29, 0.717) is 22.6 Å². The predicted octanol–water partition coefficient (Wildman–Crippen LogP) is 2.43. The van der Waals surface area contributed by atoms with E-state index in [9.17, 15) is 14.4 Å². The van der Waals surface area contributed by atoms with E-state index in [1.807, 2.05) is 13.8 Å². The third kappa shape index (κ3) is 5.62. The van der Waals surface area contributed by atoms with Crippen LogP contribution in [0.25, 0.3) is 0 Å². The van der Waals surface area contributed by atoms with E-state index in [0.717, 1.165) is 0 Å². The Morgan fingerprint density at radius 3 is 2.12 bits per heavy atom. The number of hydrogen-bond acceptors (Lipinski definition) is 4. The average molecular weight is 354 g/mol. The summed E-state index contributed by atoms with van der Waals surface area (Å²) in [5.74, 6) is -0.936. The monoisotopic (exact) mass is 354 g/mol. The minimum absolute atomic E-state index is 0.0358. The van der Waals surface area contributed by atoms with Gasteiger partial charge in [0.1, 0.15) is 0 Å². The molecule has 0 unspecified atom stereocenters.